The van der Waals surface area contributed by atoms with E-state index in [9.17, 15) is 9.90 Å². The third-order valence-corrected chi connectivity index (χ3v) is 14.4. The third-order valence-electron chi connectivity index (χ3n) is 14.1. The summed E-state index contributed by atoms with van der Waals surface area (Å²) in [6.45, 7) is 8.79. The normalized spacial score (nSPS) is 21.0. The van der Waals surface area contributed by atoms with Crippen LogP contribution in [0.25, 0.3) is 5.65 Å². The number of carbonyl (C=O) groups is 1. The average molecular weight is 932 g/mol. The van der Waals surface area contributed by atoms with Gasteiger partial charge in [-0.3, -0.25) is 4.79 Å². The molecule has 4 aliphatic rings. The molecule has 0 radical (unpaired) electrons. The second-order valence-electron chi connectivity index (χ2n) is 18.6. The second kappa shape index (κ2) is 21.9. The highest BCUT2D eigenvalue weighted by Crippen LogP contribution is 2.31. The Balaban J connectivity index is 0.677. The van der Waals surface area contributed by atoms with E-state index < -0.39 is 0 Å². The molecule has 3 N–H and O–H groups in total. The predicted molar refractivity (Wildman–Crippen MR) is 258 cm³/mol. The van der Waals surface area contributed by atoms with E-state index in [1.54, 1.807) is 24.3 Å². The van der Waals surface area contributed by atoms with Gasteiger partial charge in [-0.25, -0.2) is 9.97 Å². The number of nitriles is 1. The zero-order valence-electron chi connectivity index (χ0n) is 38.5. The molecule has 0 unspecified atom stereocenters. The second-order valence-corrected chi connectivity index (χ2v) is 19.0. The molecule has 1 aliphatic carbocycles. The number of hydrogen-bond donors (Lipinski definition) is 3. The maximum atomic E-state index is 13.1. The number of likely N-dealkylation sites (tertiary alicyclic amines) is 1. The van der Waals surface area contributed by atoms with Gasteiger partial charge >= 0.3 is 0 Å². The number of aliphatic hydroxyl groups is 1. The Bertz CT molecular complexity index is 2460. The van der Waals surface area contributed by atoms with Crippen molar-refractivity contribution >= 4 is 40.6 Å². The molecule has 1 saturated carbocycles. The van der Waals surface area contributed by atoms with Crippen molar-refractivity contribution in [3.8, 4) is 17.7 Å². The summed E-state index contributed by atoms with van der Waals surface area (Å²) in [6, 6.07) is 17.4. The van der Waals surface area contributed by atoms with Crippen molar-refractivity contribution in [1.29, 1.82) is 5.26 Å². The number of fused-ring (bicyclic) bond motifs is 1. The van der Waals surface area contributed by atoms with Gasteiger partial charge in [0.1, 0.15) is 29.6 Å². The molecule has 1 amide bonds. The number of aromatic nitrogens is 6. The van der Waals surface area contributed by atoms with Crippen LogP contribution < -0.4 is 29.9 Å². The summed E-state index contributed by atoms with van der Waals surface area (Å²) in [4.78, 5) is 30.1. The van der Waals surface area contributed by atoms with Crippen LogP contribution in [-0.4, -0.2) is 116 Å². The lowest BCUT2D eigenvalue weighted by Gasteiger charge is -2.37. The van der Waals surface area contributed by atoms with Crippen molar-refractivity contribution in [3.63, 3.8) is 0 Å². The molecule has 1 aromatic carbocycles. The lowest BCUT2D eigenvalue weighted by atomic mass is 9.92. The minimum atomic E-state index is -0.200. The molecular formula is C50H63ClN12O4. The Morgan fingerprint density at radius 1 is 0.881 bits per heavy atom. The summed E-state index contributed by atoms with van der Waals surface area (Å²) in [5, 5.41) is 39.4. The summed E-state index contributed by atoms with van der Waals surface area (Å²) in [7, 11) is 0. The first kappa shape index (κ1) is 46.4. The number of ether oxygens (including phenoxy) is 2. The topological polar surface area (TPSA) is 182 Å². The maximum absolute atomic E-state index is 13.1. The zero-order chi connectivity index (χ0) is 46.1. The Kier molecular flexibility index (Phi) is 15.2. The summed E-state index contributed by atoms with van der Waals surface area (Å²) in [5.41, 5.74) is 3.80. The van der Waals surface area contributed by atoms with Gasteiger partial charge in [-0.15, -0.1) is 10.2 Å². The van der Waals surface area contributed by atoms with E-state index in [0.717, 1.165) is 151 Å². The van der Waals surface area contributed by atoms with E-state index in [1.807, 2.05) is 29.0 Å². The highest BCUT2D eigenvalue weighted by Gasteiger charge is 2.29. The van der Waals surface area contributed by atoms with Gasteiger partial charge in [0.15, 0.2) is 17.2 Å². The van der Waals surface area contributed by atoms with Crippen LogP contribution >= 0.6 is 11.6 Å². The SMILES string of the molecule is CCc1cnn2c(NCc3ccc(OC4CCN(CC5CCN(c6ccc(C(=O)NC7CCC(Oc8ccc(C#N)c(Cl)c8)CC7)nn6)CC5)CC4)nc3)cc(N3CCCC[C@H]3CCO)nc12. The molecule has 5 aromatic rings. The average Bonchev–Trinajstić information content (AvgIpc) is 3.79. The van der Waals surface area contributed by atoms with Crippen LogP contribution in [0.15, 0.2) is 60.9 Å². The number of hydrogen-bond acceptors (Lipinski definition) is 14. The van der Waals surface area contributed by atoms with Gasteiger partial charge in [0.25, 0.3) is 5.91 Å². The fourth-order valence-corrected chi connectivity index (χ4v) is 10.4. The van der Waals surface area contributed by atoms with Crippen LogP contribution in [0, 0.1) is 17.2 Å². The fourth-order valence-electron chi connectivity index (χ4n) is 10.2. The Morgan fingerprint density at radius 2 is 1.70 bits per heavy atom. The molecule has 0 spiro atoms. The fraction of sp³-hybridized carbons (Fsp3) is 0.540. The van der Waals surface area contributed by atoms with Crippen molar-refractivity contribution in [2.75, 3.05) is 61.0 Å². The highest BCUT2D eigenvalue weighted by molar-refractivity contribution is 6.31. The first-order valence-electron chi connectivity index (χ1n) is 24.4. The summed E-state index contributed by atoms with van der Waals surface area (Å²) in [6.07, 6.45) is 16.3. The number of aryl methyl sites for hydroxylation is 1. The molecule has 3 aliphatic heterocycles. The number of nitrogens with one attached hydrogen (secondary N) is 2. The molecule has 7 heterocycles. The Labute approximate surface area is 398 Å². The number of aliphatic hydroxyl groups excluding tert-OH is 1. The van der Waals surface area contributed by atoms with Gasteiger partial charge in [0, 0.05) is 94.5 Å². The largest absolute Gasteiger partial charge is 0.490 e. The van der Waals surface area contributed by atoms with Gasteiger partial charge in [-0.2, -0.15) is 14.9 Å². The van der Waals surface area contributed by atoms with Crippen molar-refractivity contribution in [2.45, 2.75) is 121 Å². The Hall–Kier alpha value is -5.76. The maximum Gasteiger partial charge on any atom is 0.272 e. The quantitative estimate of drug-likeness (QED) is 0.0901. The number of halogens is 1. The lowest BCUT2D eigenvalue weighted by molar-refractivity contribution is 0.0850. The van der Waals surface area contributed by atoms with Crippen LogP contribution in [0.4, 0.5) is 17.5 Å². The lowest BCUT2D eigenvalue weighted by Crippen LogP contribution is -2.43. The standard InChI is InChI=1S/C50H63ClN12O4/c1-2-36-32-55-63-46(28-47(57-49(36)63)62-21-4-3-5-39(62)20-26-64)53-30-35-6-15-48(54-31-35)67-41-18-22-60(23-19-41)33-34-16-24-61(25-17-34)45-14-13-44(58-59-45)50(65)56-38-8-11-40(12-9-38)66-42-10-7-37(29-52)43(51)27-42/h6-7,10,13-15,27-28,31-32,34,38-41,53,64H,2-5,8-9,11-12,16-26,30,33H2,1H3,(H,56,65)/t38?,39-,40?/m0/s1. The van der Waals surface area contributed by atoms with E-state index in [4.69, 9.17) is 36.3 Å². The monoisotopic (exact) mass is 930 g/mol. The molecule has 3 saturated heterocycles. The van der Waals surface area contributed by atoms with Gasteiger partial charge in [-0.05, 0) is 119 Å². The van der Waals surface area contributed by atoms with Crippen LogP contribution in [0.1, 0.15) is 111 Å². The minimum absolute atomic E-state index is 0.0349. The van der Waals surface area contributed by atoms with E-state index in [0.29, 0.717) is 40.4 Å². The predicted octanol–water partition coefficient (Wildman–Crippen LogP) is 7.23. The van der Waals surface area contributed by atoms with Crippen molar-refractivity contribution < 1.29 is 19.4 Å². The van der Waals surface area contributed by atoms with Gasteiger partial charge in [0.05, 0.1) is 22.9 Å². The number of rotatable bonds is 16. The zero-order valence-corrected chi connectivity index (χ0v) is 39.3. The van der Waals surface area contributed by atoms with Crippen molar-refractivity contribution in [1.82, 2.24) is 40.0 Å². The van der Waals surface area contributed by atoms with Crippen LogP contribution in [0.5, 0.6) is 11.6 Å². The number of carbonyl (C=O) groups excluding carboxylic acids is 1. The van der Waals surface area contributed by atoms with Crippen molar-refractivity contribution in [3.05, 3.63) is 88.3 Å². The number of anilines is 3. The molecular weight excluding hydrogens is 868 g/mol. The first-order valence-corrected chi connectivity index (χ1v) is 24.8. The molecule has 17 heteroatoms. The summed E-state index contributed by atoms with van der Waals surface area (Å²) < 4.78 is 14.4. The van der Waals surface area contributed by atoms with Crippen LogP contribution in [-0.2, 0) is 13.0 Å². The molecule has 9 rings (SSSR count). The van der Waals surface area contributed by atoms with Gasteiger partial charge < -0.3 is 39.9 Å². The molecule has 4 aromatic heterocycles. The number of piperidine rings is 3. The number of benzene rings is 1. The Morgan fingerprint density at radius 3 is 2.42 bits per heavy atom. The number of pyridine rings is 1. The van der Waals surface area contributed by atoms with Gasteiger partial charge in [0.2, 0.25) is 5.88 Å². The molecule has 4 fully saturated rings. The molecule has 0 bridgehead atoms. The minimum Gasteiger partial charge on any atom is -0.490 e. The molecule has 16 nitrogen and oxygen atoms in total. The number of nitrogens with zero attached hydrogens (tertiary/aromatic N) is 10. The highest BCUT2D eigenvalue weighted by atomic mass is 35.5. The van der Waals surface area contributed by atoms with E-state index in [2.05, 4.69) is 65.8 Å². The summed E-state index contributed by atoms with van der Waals surface area (Å²) >= 11 is 6.17. The third kappa shape index (κ3) is 11.5. The molecule has 1 atom stereocenters. The van der Waals surface area contributed by atoms with Crippen molar-refractivity contribution in [2.24, 2.45) is 5.92 Å². The van der Waals surface area contributed by atoms with E-state index in [1.165, 1.54) is 6.42 Å². The molecule has 67 heavy (non-hydrogen) atoms. The number of amides is 1. The van der Waals surface area contributed by atoms with Crippen LogP contribution in [0.2, 0.25) is 5.02 Å². The first-order chi connectivity index (χ1) is 32.8. The smallest absolute Gasteiger partial charge is 0.272 e. The molecule has 354 valence electrons. The van der Waals surface area contributed by atoms with E-state index >= 15 is 0 Å². The van der Waals surface area contributed by atoms with Crippen LogP contribution in [0.3, 0.4) is 0 Å². The summed E-state index contributed by atoms with van der Waals surface area (Å²) in [5.74, 6) is 4.39. The van der Waals surface area contributed by atoms with Gasteiger partial charge in [-0.1, -0.05) is 24.6 Å². The van der Waals surface area contributed by atoms with E-state index in [-0.39, 0.29) is 36.8 Å².